The summed E-state index contributed by atoms with van der Waals surface area (Å²) in [5, 5.41) is 0. The Kier molecular flexibility index (Phi) is 4.68. The molecule has 21 heavy (non-hydrogen) atoms. The van der Waals surface area contributed by atoms with E-state index in [-0.39, 0.29) is 29.8 Å². The van der Waals surface area contributed by atoms with Gasteiger partial charge in [-0.3, -0.25) is 0 Å². The van der Waals surface area contributed by atoms with Gasteiger partial charge in [0.2, 0.25) is 10.0 Å². The molecule has 0 saturated carbocycles. The van der Waals surface area contributed by atoms with Crippen LogP contribution in [0.2, 0.25) is 0 Å². The molecule has 116 valence electrons. The van der Waals surface area contributed by atoms with E-state index < -0.39 is 15.8 Å². The van der Waals surface area contributed by atoms with Gasteiger partial charge in [-0.25, -0.2) is 12.8 Å². The molecule has 0 fully saturated rings. The summed E-state index contributed by atoms with van der Waals surface area (Å²) >= 11 is 0. The highest BCUT2D eigenvalue weighted by Gasteiger charge is 2.38. The lowest BCUT2D eigenvalue weighted by atomic mass is 10.0. The zero-order valence-corrected chi connectivity index (χ0v) is 13.1. The molecule has 0 spiro atoms. The first-order valence-corrected chi connectivity index (χ1v) is 8.36. The van der Waals surface area contributed by atoms with Crippen LogP contribution in [0.15, 0.2) is 35.7 Å². The molecule has 0 unspecified atom stereocenters. The van der Waals surface area contributed by atoms with Crippen LogP contribution < -0.4 is 4.74 Å². The lowest BCUT2D eigenvalue weighted by Crippen LogP contribution is -2.42. The van der Waals surface area contributed by atoms with E-state index in [0.29, 0.717) is 12.3 Å². The predicted octanol–water partition coefficient (Wildman–Crippen LogP) is 2.81. The SMILES string of the molecule is C=CCN1[C@H](CC(C)C)COc2cccc(F)c2S1(=O)=O. The molecule has 1 aromatic rings. The lowest BCUT2D eigenvalue weighted by molar-refractivity contribution is 0.198. The molecular formula is C15H20FNO3S. The van der Waals surface area contributed by atoms with Gasteiger partial charge >= 0.3 is 0 Å². The highest BCUT2D eigenvalue weighted by Crippen LogP contribution is 2.34. The Morgan fingerprint density at radius 1 is 1.52 bits per heavy atom. The Hall–Kier alpha value is -1.40. The third-order valence-electron chi connectivity index (χ3n) is 3.39. The van der Waals surface area contributed by atoms with E-state index in [0.717, 1.165) is 6.07 Å². The Balaban J connectivity index is 2.55. The van der Waals surface area contributed by atoms with Crippen molar-refractivity contribution in [2.75, 3.05) is 13.2 Å². The molecule has 0 radical (unpaired) electrons. The molecule has 0 N–H and O–H groups in total. The zero-order chi connectivity index (χ0) is 15.6. The maximum atomic E-state index is 14.0. The van der Waals surface area contributed by atoms with Crippen LogP contribution in [0.25, 0.3) is 0 Å². The molecule has 4 nitrogen and oxygen atoms in total. The van der Waals surface area contributed by atoms with Crippen molar-refractivity contribution in [3.05, 3.63) is 36.7 Å². The van der Waals surface area contributed by atoms with Gasteiger partial charge in [-0.1, -0.05) is 26.0 Å². The molecule has 1 aliphatic rings. The van der Waals surface area contributed by atoms with E-state index in [1.165, 1.54) is 22.5 Å². The van der Waals surface area contributed by atoms with Gasteiger partial charge in [-0.15, -0.1) is 6.58 Å². The van der Waals surface area contributed by atoms with Crippen molar-refractivity contribution in [2.45, 2.75) is 31.2 Å². The number of halogens is 1. The summed E-state index contributed by atoms with van der Waals surface area (Å²) in [5.41, 5.74) is 0. The van der Waals surface area contributed by atoms with Gasteiger partial charge in [0.15, 0.2) is 4.90 Å². The molecule has 0 aliphatic carbocycles. The van der Waals surface area contributed by atoms with Crippen molar-refractivity contribution in [1.82, 2.24) is 4.31 Å². The van der Waals surface area contributed by atoms with Crippen molar-refractivity contribution < 1.29 is 17.5 Å². The molecule has 1 atom stereocenters. The van der Waals surface area contributed by atoms with Crippen molar-refractivity contribution in [1.29, 1.82) is 0 Å². The third-order valence-corrected chi connectivity index (χ3v) is 5.37. The van der Waals surface area contributed by atoms with Crippen LogP contribution >= 0.6 is 0 Å². The highest BCUT2D eigenvalue weighted by molar-refractivity contribution is 7.89. The normalized spacial score (nSPS) is 21.4. The van der Waals surface area contributed by atoms with Crippen molar-refractivity contribution in [2.24, 2.45) is 5.92 Å². The second-order valence-electron chi connectivity index (χ2n) is 5.52. The summed E-state index contributed by atoms with van der Waals surface area (Å²) in [7, 11) is -3.94. The average Bonchev–Trinajstić information content (AvgIpc) is 2.49. The quantitative estimate of drug-likeness (QED) is 0.803. The summed E-state index contributed by atoms with van der Waals surface area (Å²) < 4.78 is 46.5. The predicted molar refractivity (Wildman–Crippen MR) is 79.2 cm³/mol. The number of rotatable bonds is 4. The number of benzene rings is 1. The van der Waals surface area contributed by atoms with Gasteiger partial charge in [-0.05, 0) is 24.5 Å². The minimum atomic E-state index is -3.94. The number of hydrogen-bond donors (Lipinski definition) is 0. The maximum absolute atomic E-state index is 14.0. The lowest BCUT2D eigenvalue weighted by Gasteiger charge is -2.28. The molecule has 0 aromatic heterocycles. The van der Waals surface area contributed by atoms with Crippen LogP contribution in [0.4, 0.5) is 4.39 Å². The van der Waals surface area contributed by atoms with E-state index in [4.69, 9.17) is 4.74 Å². The topological polar surface area (TPSA) is 46.6 Å². The first-order valence-electron chi connectivity index (χ1n) is 6.92. The summed E-state index contributed by atoms with van der Waals surface area (Å²) in [4.78, 5) is -0.377. The number of fused-ring (bicyclic) bond motifs is 1. The van der Waals surface area contributed by atoms with Gasteiger partial charge in [0.1, 0.15) is 18.2 Å². The number of ether oxygens (including phenoxy) is 1. The van der Waals surface area contributed by atoms with Gasteiger partial charge in [0, 0.05) is 6.54 Å². The Bertz CT molecular complexity index is 628. The Morgan fingerprint density at radius 2 is 2.24 bits per heavy atom. The van der Waals surface area contributed by atoms with E-state index in [9.17, 15) is 12.8 Å². The molecule has 1 heterocycles. The fourth-order valence-corrected chi connectivity index (χ4v) is 4.31. The smallest absolute Gasteiger partial charge is 0.250 e. The van der Waals surface area contributed by atoms with Crippen molar-refractivity contribution in [3.63, 3.8) is 0 Å². The minimum absolute atomic E-state index is 0.0790. The average molecular weight is 313 g/mol. The van der Waals surface area contributed by atoms with E-state index in [1.807, 2.05) is 13.8 Å². The summed E-state index contributed by atoms with van der Waals surface area (Å²) in [6.07, 6.45) is 2.15. The Morgan fingerprint density at radius 3 is 2.86 bits per heavy atom. The largest absolute Gasteiger partial charge is 0.490 e. The zero-order valence-electron chi connectivity index (χ0n) is 12.3. The van der Waals surface area contributed by atoms with Crippen LogP contribution in [0.1, 0.15) is 20.3 Å². The van der Waals surface area contributed by atoms with Crippen molar-refractivity contribution >= 4 is 10.0 Å². The van der Waals surface area contributed by atoms with Crippen molar-refractivity contribution in [3.8, 4) is 5.75 Å². The molecule has 1 aliphatic heterocycles. The van der Waals surface area contributed by atoms with Crippen LogP contribution in [-0.4, -0.2) is 31.9 Å². The second-order valence-corrected chi connectivity index (χ2v) is 7.35. The molecule has 0 saturated heterocycles. The molecule has 2 rings (SSSR count). The third kappa shape index (κ3) is 3.11. The first-order chi connectivity index (χ1) is 9.87. The summed E-state index contributed by atoms with van der Waals surface area (Å²) in [5.74, 6) is -0.408. The summed E-state index contributed by atoms with van der Waals surface area (Å²) in [6, 6.07) is 3.73. The van der Waals surface area contributed by atoms with E-state index in [1.54, 1.807) is 0 Å². The maximum Gasteiger partial charge on any atom is 0.250 e. The van der Waals surface area contributed by atoms with Crippen LogP contribution in [0.3, 0.4) is 0 Å². The van der Waals surface area contributed by atoms with Crippen LogP contribution in [0, 0.1) is 11.7 Å². The fourth-order valence-electron chi connectivity index (χ4n) is 2.54. The van der Waals surface area contributed by atoms with Crippen LogP contribution in [-0.2, 0) is 10.0 Å². The molecule has 1 aromatic carbocycles. The fraction of sp³-hybridized carbons (Fsp3) is 0.467. The number of hydrogen-bond acceptors (Lipinski definition) is 3. The van der Waals surface area contributed by atoms with Gasteiger partial charge < -0.3 is 4.74 Å². The molecular weight excluding hydrogens is 293 g/mol. The van der Waals surface area contributed by atoms with E-state index >= 15 is 0 Å². The number of sulfonamides is 1. The Labute approximate surface area is 125 Å². The minimum Gasteiger partial charge on any atom is -0.490 e. The number of nitrogens with zero attached hydrogens (tertiary/aromatic N) is 1. The second kappa shape index (κ2) is 6.15. The highest BCUT2D eigenvalue weighted by atomic mass is 32.2. The monoisotopic (exact) mass is 313 g/mol. The van der Waals surface area contributed by atoms with Gasteiger partial charge in [0.05, 0.1) is 6.04 Å². The van der Waals surface area contributed by atoms with Crippen LogP contribution in [0.5, 0.6) is 5.75 Å². The first kappa shape index (κ1) is 16.0. The molecule has 6 heteroatoms. The molecule has 0 bridgehead atoms. The van der Waals surface area contributed by atoms with Gasteiger partial charge in [0.25, 0.3) is 0 Å². The van der Waals surface area contributed by atoms with Gasteiger partial charge in [-0.2, -0.15) is 4.31 Å². The molecule has 0 amide bonds. The van der Waals surface area contributed by atoms with E-state index in [2.05, 4.69) is 6.58 Å². The summed E-state index contributed by atoms with van der Waals surface area (Å²) in [6.45, 7) is 7.97. The standard InChI is InChI=1S/C15H20FNO3S/c1-4-8-17-12(9-11(2)3)10-20-14-7-5-6-13(16)15(14)21(17,18)19/h4-7,11-12H,1,8-10H2,2-3H3/t12-/m1/s1.